The Hall–Kier alpha value is -1.78. The highest BCUT2D eigenvalue weighted by Crippen LogP contribution is 2.11. The number of aromatic nitrogens is 5. The predicted molar refractivity (Wildman–Crippen MR) is 75.9 cm³/mol. The van der Waals surface area contributed by atoms with Crippen LogP contribution in [-0.4, -0.2) is 46.9 Å². The monoisotopic (exact) mass is 313 g/mol. The summed E-state index contributed by atoms with van der Waals surface area (Å²) in [5.74, 6) is 0.632. The first-order valence-electron chi connectivity index (χ1n) is 6.70. The van der Waals surface area contributed by atoms with E-state index in [1.165, 1.54) is 12.5 Å². The lowest BCUT2D eigenvalue weighted by molar-refractivity contribution is 0.573. The second-order valence-electron chi connectivity index (χ2n) is 4.48. The van der Waals surface area contributed by atoms with Crippen LogP contribution in [0.5, 0.6) is 0 Å². The fraction of sp³-hybridized carbons (Fsp3) is 0.545. The van der Waals surface area contributed by atoms with Gasteiger partial charge in [0.2, 0.25) is 0 Å². The van der Waals surface area contributed by atoms with Gasteiger partial charge in [-0.1, -0.05) is 6.92 Å². The zero-order chi connectivity index (χ0) is 15.1. The van der Waals surface area contributed by atoms with Crippen molar-refractivity contribution >= 4 is 10.0 Å². The van der Waals surface area contributed by atoms with Crippen molar-refractivity contribution in [1.29, 1.82) is 0 Å². The van der Waals surface area contributed by atoms with Crippen LogP contribution < -0.4 is 10.0 Å². The van der Waals surface area contributed by atoms with Crippen molar-refractivity contribution in [1.82, 2.24) is 35.4 Å². The Morgan fingerprint density at radius 1 is 1.24 bits per heavy atom. The number of nitrogens with zero attached hydrogens (tertiary/aromatic N) is 3. The lowest BCUT2D eigenvalue weighted by atomic mass is 10.3. The molecule has 9 nitrogen and oxygen atoms in total. The molecular weight excluding hydrogens is 294 g/mol. The van der Waals surface area contributed by atoms with Gasteiger partial charge in [0.25, 0.3) is 10.0 Å². The van der Waals surface area contributed by atoms with Gasteiger partial charge in [-0.3, -0.25) is 10.2 Å². The molecule has 0 saturated carbocycles. The SMILES string of the molecule is CCCNCc1cn[nH]c1S(=O)(=O)NCCc1ncn[nH]1. The molecule has 0 unspecified atom stereocenters. The summed E-state index contributed by atoms with van der Waals surface area (Å²) in [6, 6.07) is 0. The van der Waals surface area contributed by atoms with E-state index >= 15 is 0 Å². The Bertz CT molecular complexity index is 635. The van der Waals surface area contributed by atoms with E-state index in [1.54, 1.807) is 0 Å². The van der Waals surface area contributed by atoms with Gasteiger partial charge >= 0.3 is 0 Å². The second-order valence-corrected chi connectivity index (χ2v) is 6.18. The maximum Gasteiger partial charge on any atom is 0.257 e. The first-order chi connectivity index (χ1) is 10.1. The first-order valence-corrected chi connectivity index (χ1v) is 8.18. The lowest BCUT2D eigenvalue weighted by Crippen LogP contribution is -2.28. The van der Waals surface area contributed by atoms with Crippen LogP contribution in [0, 0.1) is 0 Å². The van der Waals surface area contributed by atoms with Gasteiger partial charge in [-0.05, 0) is 13.0 Å². The van der Waals surface area contributed by atoms with E-state index in [4.69, 9.17) is 0 Å². The standard InChI is InChI=1S/C11H19N7O2S/c1-2-4-12-6-9-7-14-18-11(9)21(19,20)16-5-3-10-13-8-15-17-10/h7-8,12,16H,2-6H2,1H3,(H,14,18)(H,13,15,17). The summed E-state index contributed by atoms with van der Waals surface area (Å²) in [6.45, 7) is 3.57. The third-order valence-corrected chi connectivity index (χ3v) is 4.28. The van der Waals surface area contributed by atoms with Gasteiger partial charge in [0, 0.05) is 25.1 Å². The summed E-state index contributed by atoms with van der Waals surface area (Å²) in [5.41, 5.74) is 0.621. The van der Waals surface area contributed by atoms with E-state index in [0.29, 0.717) is 24.4 Å². The minimum atomic E-state index is -3.61. The van der Waals surface area contributed by atoms with Crippen molar-refractivity contribution < 1.29 is 8.42 Å². The van der Waals surface area contributed by atoms with E-state index < -0.39 is 10.0 Å². The van der Waals surface area contributed by atoms with Crippen LogP contribution in [0.25, 0.3) is 0 Å². The fourth-order valence-electron chi connectivity index (χ4n) is 1.78. The Morgan fingerprint density at radius 2 is 2.10 bits per heavy atom. The van der Waals surface area contributed by atoms with E-state index in [9.17, 15) is 8.42 Å². The largest absolute Gasteiger partial charge is 0.313 e. The molecule has 2 aromatic heterocycles. The zero-order valence-corrected chi connectivity index (χ0v) is 12.6. The summed E-state index contributed by atoms with van der Waals surface area (Å²) in [4.78, 5) is 3.93. The van der Waals surface area contributed by atoms with Crippen LogP contribution in [-0.2, 0) is 23.0 Å². The number of sulfonamides is 1. The Labute approximate surface area is 123 Å². The van der Waals surface area contributed by atoms with Gasteiger partial charge in [0.1, 0.15) is 12.2 Å². The molecule has 0 spiro atoms. The van der Waals surface area contributed by atoms with Crippen LogP contribution in [0.2, 0.25) is 0 Å². The summed E-state index contributed by atoms with van der Waals surface area (Å²) >= 11 is 0. The van der Waals surface area contributed by atoms with Gasteiger partial charge in [-0.2, -0.15) is 10.2 Å². The summed E-state index contributed by atoms with van der Waals surface area (Å²) in [6.07, 6.45) is 4.33. The van der Waals surface area contributed by atoms with Crippen molar-refractivity contribution in [2.24, 2.45) is 0 Å². The number of H-pyrrole nitrogens is 2. The molecule has 21 heavy (non-hydrogen) atoms. The van der Waals surface area contributed by atoms with Crippen LogP contribution in [0.1, 0.15) is 24.7 Å². The van der Waals surface area contributed by atoms with Crippen LogP contribution >= 0.6 is 0 Å². The molecule has 4 N–H and O–H groups in total. The van der Waals surface area contributed by atoms with Gasteiger partial charge in [0.15, 0.2) is 5.03 Å². The predicted octanol–water partition coefficient (Wildman–Crippen LogP) is -0.452. The number of rotatable bonds is 9. The molecular formula is C11H19N7O2S. The van der Waals surface area contributed by atoms with E-state index in [0.717, 1.165) is 13.0 Å². The maximum atomic E-state index is 12.2. The van der Waals surface area contributed by atoms with E-state index in [-0.39, 0.29) is 11.6 Å². The normalized spacial score (nSPS) is 11.9. The minimum absolute atomic E-state index is 0.101. The van der Waals surface area contributed by atoms with Gasteiger partial charge in [-0.25, -0.2) is 18.1 Å². The van der Waals surface area contributed by atoms with Crippen molar-refractivity contribution in [3.05, 3.63) is 23.9 Å². The highest BCUT2D eigenvalue weighted by atomic mass is 32.2. The number of hydrogen-bond acceptors (Lipinski definition) is 6. The molecule has 116 valence electrons. The van der Waals surface area contributed by atoms with Crippen LogP contribution in [0.15, 0.2) is 17.6 Å². The second kappa shape index (κ2) is 7.29. The van der Waals surface area contributed by atoms with Gasteiger partial charge < -0.3 is 5.32 Å². The highest BCUT2D eigenvalue weighted by Gasteiger charge is 2.20. The Kier molecular flexibility index (Phi) is 5.42. The van der Waals surface area contributed by atoms with Crippen molar-refractivity contribution in [2.75, 3.05) is 13.1 Å². The number of hydrogen-bond donors (Lipinski definition) is 4. The molecule has 0 bridgehead atoms. The first kappa shape index (κ1) is 15.6. The van der Waals surface area contributed by atoms with E-state index in [2.05, 4.69) is 35.4 Å². The summed E-state index contributed by atoms with van der Waals surface area (Å²) in [5, 5.41) is 16.0. The fourth-order valence-corrected chi connectivity index (χ4v) is 2.94. The minimum Gasteiger partial charge on any atom is -0.313 e. The summed E-state index contributed by atoms with van der Waals surface area (Å²) in [7, 11) is -3.61. The van der Waals surface area contributed by atoms with Crippen LogP contribution in [0.3, 0.4) is 0 Å². The van der Waals surface area contributed by atoms with Crippen molar-refractivity contribution in [2.45, 2.75) is 31.3 Å². The smallest absolute Gasteiger partial charge is 0.257 e. The molecule has 2 aromatic rings. The van der Waals surface area contributed by atoms with Crippen molar-refractivity contribution in [3.63, 3.8) is 0 Å². The molecule has 10 heteroatoms. The quantitative estimate of drug-likeness (QED) is 0.464. The molecule has 0 atom stereocenters. The summed E-state index contributed by atoms with van der Waals surface area (Å²) < 4.78 is 27.0. The average Bonchev–Trinajstić information content (AvgIpc) is 3.10. The van der Waals surface area contributed by atoms with Crippen LogP contribution in [0.4, 0.5) is 0 Å². The maximum absolute atomic E-state index is 12.2. The third kappa shape index (κ3) is 4.34. The molecule has 0 aliphatic carbocycles. The highest BCUT2D eigenvalue weighted by molar-refractivity contribution is 7.89. The molecule has 0 aliphatic heterocycles. The molecule has 0 saturated heterocycles. The average molecular weight is 313 g/mol. The third-order valence-electron chi connectivity index (χ3n) is 2.81. The topological polar surface area (TPSA) is 128 Å². The van der Waals surface area contributed by atoms with E-state index in [1.807, 2.05) is 6.92 Å². The Morgan fingerprint density at radius 3 is 2.81 bits per heavy atom. The molecule has 0 fully saturated rings. The lowest BCUT2D eigenvalue weighted by Gasteiger charge is -2.07. The molecule has 0 aliphatic rings. The number of aromatic amines is 2. The molecule has 0 aromatic carbocycles. The molecule has 2 heterocycles. The van der Waals surface area contributed by atoms with Crippen molar-refractivity contribution in [3.8, 4) is 0 Å². The molecule has 2 rings (SSSR count). The zero-order valence-electron chi connectivity index (χ0n) is 11.8. The Balaban J connectivity index is 1.94. The molecule has 0 radical (unpaired) electrons. The van der Waals surface area contributed by atoms with Gasteiger partial charge in [-0.15, -0.1) is 0 Å². The number of nitrogens with one attached hydrogen (secondary N) is 4. The molecule has 0 amide bonds. The van der Waals surface area contributed by atoms with Gasteiger partial charge in [0.05, 0.1) is 6.20 Å².